The lowest BCUT2D eigenvalue weighted by atomic mass is 10.2. The quantitative estimate of drug-likeness (QED) is 0.841. The summed E-state index contributed by atoms with van der Waals surface area (Å²) in [5.74, 6) is 0.958. The van der Waals surface area contributed by atoms with Gasteiger partial charge in [0.1, 0.15) is 0 Å². The molecule has 0 unspecified atom stereocenters. The molecular weight excluding hydrogens is 240 g/mol. The lowest BCUT2D eigenvalue weighted by Gasteiger charge is -2.36. The summed E-state index contributed by atoms with van der Waals surface area (Å²) in [7, 11) is 0. The third kappa shape index (κ3) is 2.33. The van der Waals surface area contributed by atoms with Crippen LogP contribution in [-0.2, 0) is 0 Å². The molecule has 1 aliphatic rings. The largest absolute Gasteiger partial charge is 0.396 e. The van der Waals surface area contributed by atoms with Gasteiger partial charge in [0.15, 0.2) is 0 Å². The molecule has 100 valence electrons. The Morgan fingerprint density at radius 3 is 2.53 bits per heavy atom. The van der Waals surface area contributed by atoms with Crippen molar-refractivity contribution in [2.75, 3.05) is 41.7 Å². The smallest absolute Gasteiger partial charge is 0.203 e. The molecule has 6 heteroatoms. The number of anilines is 3. The Balaban J connectivity index is 1.68. The summed E-state index contributed by atoms with van der Waals surface area (Å²) < 4.78 is 0. The summed E-state index contributed by atoms with van der Waals surface area (Å²) in [5, 5.41) is 0. The fourth-order valence-electron chi connectivity index (χ4n) is 2.41. The molecule has 2 aromatic rings. The molecule has 1 aliphatic heterocycles. The molecule has 2 aromatic heterocycles. The summed E-state index contributed by atoms with van der Waals surface area (Å²) in [6, 6.07) is 1.97. The van der Waals surface area contributed by atoms with Crippen LogP contribution in [-0.4, -0.2) is 41.1 Å². The average Bonchev–Trinajstić information content (AvgIpc) is 2.86. The molecule has 0 amide bonds. The van der Waals surface area contributed by atoms with Gasteiger partial charge in [0.2, 0.25) is 5.95 Å². The van der Waals surface area contributed by atoms with Gasteiger partial charge < -0.3 is 20.5 Å². The van der Waals surface area contributed by atoms with Gasteiger partial charge in [-0.1, -0.05) is 0 Å². The molecule has 3 rings (SSSR count). The van der Waals surface area contributed by atoms with E-state index in [1.165, 1.54) is 0 Å². The number of pyridine rings is 1. The highest BCUT2D eigenvalue weighted by atomic mass is 15.3. The number of aromatic amines is 1. The molecule has 3 N–H and O–H groups in total. The number of imidazole rings is 1. The molecule has 1 fully saturated rings. The molecule has 0 bridgehead atoms. The number of aryl methyl sites for hydroxylation is 1. The normalized spacial score (nSPS) is 15.8. The number of piperazine rings is 1. The van der Waals surface area contributed by atoms with Gasteiger partial charge in [-0.25, -0.2) is 4.98 Å². The maximum atomic E-state index is 5.96. The SMILES string of the molecule is Cc1cnc(N2CCN(c3ccncc3N)CC2)[nH]1. The van der Waals surface area contributed by atoms with Crippen molar-refractivity contribution < 1.29 is 0 Å². The Morgan fingerprint density at radius 1 is 1.16 bits per heavy atom. The van der Waals surface area contributed by atoms with Crippen molar-refractivity contribution in [3.8, 4) is 0 Å². The second-order valence-electron chi connectivity index (χ2n) is 4.80. The Morgan fingerprint density at radius 2 is 1.89 bits per heavy atom. The Labute approximate surface area is 112 Å². The highest BCUT2D eigenvalue weighted by Gasteiger charge is 2.20. The predicted octanol–water partition coefficient (Wildman–Crippen LogP) is 1.02. The van der Waals surface area contributed by atoms with E-state index in [1.807, 2.05) is 19.2 Å². The first-order valence-corrected chi connectivity index (χ1v) is 6.45. The molecule has 0 aliphatic carbocycles. The number of H-pyrrole nitrogens is 1. The molecule has 0 spiro atoms. The molecular formula is C13H18N6. The minimum atomic E-state index is 0.741. The number of nitrogens with zero attached hydrogens (tertiary/aromatic N) is 4. The van der Waals surface area contributed by atoms with E-state index in [0.717, 1.165) is 49.2 Å². The number of nitrogens with two attached hydrogens (primary N) is 1. The van der Waals surface area contributed by atoms with Crippen molar-refractivity contribution in [3.63, 3.8) is 0 Å². The highest BCUT2D eigenvalue weighted by Crippen LogP contribution is 2.23. The zero-order valence-corrected chi connectivity index (χ0v) is 11.0. The molecule has 0 atom stereocenters. The summed E-state index contributed by atoms with van der Waals surface area (Å²) >= 11 is 0. The van der Waals surface area contributed by atoms with Gasteiger partial charge >= 0.3 is 0 Å². The van der Waals surface area contributed by atoms with Crippen molar-refractivity contribution in [2.45, 2.75) is 6.92 Å². The van der Waals surface area contributed by atoms with E-state index in [1.54, 1.807) is 12.4 Å². The molecule has 1 saturated heterocycles. The predicted molar refractivity (Wildman–Crippen MR) is 76.4 cm³/mol. The van der Waals surface area contributed by atoms with Gasteiger partial charge in [-0.3, -0.25) is 4.98 Å². The summed E-state index contributed by atoms with van der Waals surface area (Å²) in [5.41, 5.74) is 8.87. The Hall–Kier alpha value is -2.24. The van der Waals surface area contributed by atoms with E-state index >= 15 is 0 Å². The lowest BCUT2D eigenvalue weighted by molar-refractivity contribution is 0.643. The second-order valence-corrected chi connectivity index (χ2v) is 4.80. The fraction of sp³-hybridized carbons (Fsp3) is 0.385. The molecule has 3 heterocycles. The maximum absolute atomic E-state index is 5.96. The van der Waals surface area contributed by atoms with Crippen molar-refractivity contribution in [1.29, 1.82) is 0 Å². The van der Waals surface area contributed by atoms with Crippen molar-refractivity contribution in [3.05, 3.63) is 30.4 Å². The third-order valence-corrected chi connectivity index (χ3v) is 3.44. The van der Waals surface area contributed by atoms with Crippen LogP contribution in [0.5, 0.6) is 0 Å². The second kappa shape index (κ2) is 4.79. The average molecular weight is 258 g/mol. The summed E-state index contributed by atoms with van der Waals surface area (Å²) in [6.07, 6.45) is 5.36. The maximum Gasteiger partial charge on any atom is 0.203 e. The summed E-state index contributed by atoms with van der Waals surface area (Å²) in [4.78, 5) is 16.2. The number of nitrogen functional groups attached to an aromatic ring is 1. The molecule has 19 heavy (non-hydrogen) atoms. The van der Waals surface area contributed by atoms with Crippen LogP contribution in [0.4, 0.5) is 17.3 Å². The van der Waals surface area contributed by atoms with Crippen molar-refractivity contribution in [1.82, 2.24) is 15.0 Å². The summed E-state index contributed by atoms with van der Waals surface area (Å²) in [6.45, 7) is 5.77. The first-order valence-electron chi connectivity index (χ1n) is 6.45. The van der Waals surface area contributed by atoms with Crippen LogP contribution in [0, 0.1) is 6.92 Å². The van der Waals surface area contributed by atoms with Crippen molar-refractivity contribution in [2.24, 2.45) is 0 Å². The van der Waals surface area contributed by atoms with Crippen LogP contribution in [0.15, 0.2) is 24.7 Å². The van der Waals surface area contributed by atoms with Crippen molar-refractivity contribution >= 4 is 17.3 Å². The standard InChI is InChI=1S/C13H18N6/c1-10-8-16-13(17-10)19-6-4-18(5-7-19)12-2-3-15-9-11(12)14/h2-3,8-9H,4-7,14H2,1H3,(H,16,17). The topological polar surface area (TPSA) is 74.1 Å². The van der Waals surface area contributed by atoms with E-state index in [0.29, 0.717) is 0 Å². The van der Waals surface area contributed by atoms with Crippen LogP contribution >= 0.6 is 0 Å². The van der Waals surface area contributed by atoms with Gasteiger partial charge in [0, 0.05) is 44.3 Å². The van der Waals surface area contributed by atoms with E-state index in [-0.39, 0.29) is 0 Å². The molecule has 6 nitrogen and oxygen atoms in total. The van der Waals surface area contributed by atoms with Crippen LogP contribution in [0.1, 0.15) is 5.69 Å². The van der Waals surface area contributed by atoms with Gasteiger partial charge in [-0.2, -0.15) is 0 Å². The zero-order valence-electron chi connectivity index (χ0n) is 11.0. The minimum Gasteiger partial charge on any atom is -0.396 e. The first-order chi connectivity index (χ1) is 9.24. The molecule has 0 saturated carbocycles. The van der Waals surface area contributed by atoms with Gasteiger partial charge in [-0.15, -0.1) is 0 Å². The number of hydrogen-bond acceptors (Lipinski definition) is 5. The van der Waals surface area contributed by atoms with Crippen LogP contribution in [0.25, 0.3) is 0 Å². The third-order valence-electron chi connectivity index (χ3n) is 3.44. The minimum absolute atomic E-state index is 0.741. The molecule has 0 radical (unpaired) electrons. The van der Waals surface area contributed by atoms with E-state index in [2.05, 4.69) is 24.8 Å². The first kappa shape index (κ1) is 11.8. The number of aromatic nitrogens is 3. The highest BCUT2D eigenvalue weighted by molar-refractivity contribution is 5.66. The number of nitrogens with one attached hydrogen (secondary N) is 1. The fourth-order valence-corrected chi connectivity index (χ4v) is 2.41. The van der Waals surface area contributed by atoms with Gasteiger partial charge in [0.25, 0.3) is 0 Å². The van der Waals surface area contributed by atoms with Crippen LogP contribution < -0.4 is 15.5 Å². The Bertz CT molecular complexity index is 556. The van der Waals surface area contributed by atoms with Gasteiger partial charge in [-0.05, 0) is 13.0 Å². The van der Waals surface area contributed by atoms with E-state index < -0.39 is 0 Å². The number of hydrogen-bond donors (Lipinski definition) is 2. The van der Waals surface area contributed by atoms with E-state index in [9.17, 15) is 0 Å². The van der Waals surface area contributed by atoms with Crippen LogP contribution in [0.2, 0.25) is 0 Å². The zero-order chi connectivity index (χ0) is 13.2. The van der Waals surface area contributed by atoms with Gasteiger partial charge in [0.05, 0.1) is 17.6 Å². The van der Waals surface area contributed by atoms with E-state index in [4.69, 9.17) is 5.73 Å². The number of rotatable bonds is 2. The monoisotopic (exact) mass is 258 g/mol. The molecule has 0 aromatic carbocycles. The Kier molecular flexibility index (Phi) is 2.98. The lowest BCUT2D eigenvalue weighted by Crippen LogP contribution is -2.47. The van der Waals surface area contributed by atoms with Crippen LogP contribution in [0.3, 0.4) is 0 Å².